The molecule has 128 valence electrons. The standard InChI is InChI=1S/C18H21NO2S3/c1-15-8-10-17(11-9-15)24(20,21)19-23-13-5-12-22-18(23)14-16-6-3-2-4-7-16/h2-4,6-11,18H,5,12-14H2,1H3. The van der Waals surface area contributed by atoms with Crippen LogP contribution in [0.15, 0.2) is 63.3 Å². The molecule has 0 N–H and O–H groups in total. The molecule has 2 aromatic rings. The van der Waals surface area contributed by atoms with Gasteiger partial charge in [0.25, 0.3) is 10.0 Å². The van der Waals surface area contributed by atoms with Crippen LogP contribution in [0, 0.1) is 6.92 Å². The van der Waals surface area contributed by atoms with Gasteiger partial charge in [0, 0.05) is 5.75 Å². The Kier molecular flexibility index (Phi) is 5.79. The van der Waals surface area contributed by atoms with E-state index in [-0.39, 0.29) is 4.58 Å². The second kappa shape index (κ2) is 7.85. The molecule has 1 aliphatic heterocycles. The summed E-state index contributed by atoms with van der Waals surface area (Å²) in [4.78, 5) is 0.301. The summed E-state index contributed by atoms with van der Waals surface area (Å²) >= 11 is 1.86. The number of nitrogens with zero attached hydrogens (tertiary/aromatic N) is 1. The second-order valence-corrected chi connectivity index (χ2v) is 11.2. The fourth-order valence-electron chi connectivity index (χ4n) is 2.56. The Morgan fingerprint density at radius 2 is 1.83 bits per heavy atom. The molecule has 3 rings (SSSR count). The zero-order chi connectivity index (χ0) is 17.0. The molecule has 0 aromatic heterocycles. The van der Waals surface area contributed by atoms with E-state index in [9.17, 15) is 8.42 Å². The molecule has 0 amide bonds. The highest BCUT2D eigenvalue weighted by molar-refractivity contribution is 8.14. The lowest BCUT2D eigenvalue weighted by molar-refractivity contribution is 0.598. The van der Waals surface area contributed by atoms with Crippen molar-refractivity contribution in [3.8, 4) is 0 Å². The number of benzene rings is 2. The van der Waals surface area contributed by atoms with E-state index in [0.717, 1.165) is 29.9 Å². The predicted molar refractivity (Wildman–Crippen MR) is 104 cm³/mol. The normalized spacial score (nSPS) is 21.7. The molecule has 0 aliphatic carbocycles. The third-order valence-corrected chi connectivity index (χ3v) is 9.90. The van der Waals surface area contributed by atoms with Crippen molar-refractivity contribution in [2.45, 2.75) is 29.2 Å². The van der Waals surface area contributed by atoms with Gasteiger partial charge in [0.1, 0.15) is 0 Å². The van der Waals surface area contributed by atoms with Gasteiger partial charge in [-0.15, -0.1) is 15.5 Å². The Hall–Kier alpha value is -1.11. The molecule has 2 atom stereocenters. The summed E-state index contributed by atoms with van der Waals surface area (Å²) in [5, 5.41) is 0. The average Bonchev–Trinajstić information content (AvgIpc) is 2.58. The second-order valence-electron chi connectivity index (χ2n) is 5.81. The summed E-state index contributed by atoms with van der Waals surface area (Å²) in [6.45, 7) is 1.95. The molecular weight excluding hydrogens is 358 g/mol. The van der Waals surface area contributed by atoms with Crippen LogP contribution in [0.5, 0.6) is 0 Å². The van der Waals surface area contributed by atoms with E-state index in [1.807, 2.05) is 49.0 Å². The van der Waals surface area contributed by atoms with E-state index in [4.69, 9.17) is 0 Å². The maximum Gasteiger partial charge on any atom is 0.287 e. The molecule has 24 heavy (non-hydrogen) atoms. The first-order valence-corrected chi connectivity index (χ1v) is 11.8. The van der Waals surface area contributed by atoms with Gasteiger partial charge in [0.05, 0.1) is 9.48 Å². The zero-order valence-electron chi connectivity index (χ0n) is 13.6. The highest BCUT2D eigenvalue weighted by atomic mass is 32.3. The van der Waals surface area contributed by atoms with Crippen molar-refractivity contribution in [1.29, 1.82) is 0 Å². The molecule has 0 spiro atoms. The van der Waals surface area contributed by atoms with E-state index in [1.165, 1.54) is 5.56 Å². The lowest BCUT2D eigenvalue weighted by atomic mass is 10.2. The maximum absolute atomic E-state index is 12.6. The van der Waals surface area contributed by atoms with Crippen molar-refractivity contribution >= 4 is 32.5 Å². The van der Waals surface area contributed by atoms with Gasteiger partial charge in [0.15, 0.2) is 0 Å². The Bertz CT molecular complexity index is 815. The minimum Gasteiger partial charge on any atom is -0.199 e. The summed E-state index contributed by atoms with van der Waals surface area (Å²) in [7, 11) is -4.04. The first kappa shape index (κ1) is 17.7. The molecule has 3 nitrogen and oxygen atoms in total. The van der Waals surface area contributed by atoms with E-state index in [0.29, 0.717) is 4.90 Å². The van der Waals surface area contributed by atoms with Crippen LogP contribution in [-0.2, 0) is 27.1 Å². The van der Waals surface area contributed by atoms with Crippen LogP contribution >= 0.6 is 11.8 Å². The molecule has 2 aromatic carbocycles. The van der Waals surface area contributed by atoms with Gasteiger partial charge in [-0.25, -0.2) is 0 Å². The lowest BCUT2D eigenvalue weighted by Gasteiger charge is -2.24. The molecule has 0 radical (unpaired) electrons. The highest BCUT2D eigenvalue weighted by Gasteiger charge is 2.23. The first-order chi connectivity index (χ1) is 11.5. The van der Waals surface area contributed by atoms with Gasteiger partial charge < -0.3 is 0 Å². The molecule has 2 unspecified atom stereocenters. The van der Waals surface area contributed by atoms with E-state index < -0.39 is 20.7 Å². The van der Waals surface area contributed by atoms with Crippen molar-refractivity contribution in [2.75, 3.05) is 11.5 Å². The Balaban J connectivity index is 1.86. The Morgan fingerprint density at radius 3 is 2.54 bits per heavy atom. The predicted octanol–water partition coefficient (Wildman–Crippen LogP) is 4.19. The number of rotatable bonds is 4. The SMILES string of the molecule is Cc1ccc(S(=O)(=O)N=S2CCCSC2Cc2ccccc2)cc1. The van der Waals surface area contributed by atoms with E-state index >= 15 is 0 Å². The fourth-order valence-corrected chi connectivity index (χ4v) is 8.75. The van der Waals surface area contributed by atoms with Gasteiger partial charge in [-0.3, -0.25) is 0 Å². The minimum atomic E-state index is -3.58. The van der Waals surface area contributed by atoms with Crippen molar-refractivity contribution in [3.05, 3.63) is 65.7 Å². The zero-order valence-corrected chi connectivity index (χ0v) is 16.0. The molecular formula is C18H21NO2S3. The number of thioether (sulfide) groups is 1. The van der Waals surface area contributed by atoms with E-state index in [2.05, 4.69) is 15.9 Å². The van der Waals surface area contributed by atoms with Crippen molar-refractivity contribution in [1.82, 2.24) is 0 Å². The number of hydrogen-bond donors (Lipinski definition) is 0. The molecule has 0 saturated carbocycles. The third-order valence-electron chi connectivity index (χ3n) is 3.86. The van der Waals surface area contributed by atoms with Crippen LogP contribution in [0.25, 0.3) is 0 Å². The lowest BCUT2D eigenvalue weighted by Crippen LogP contribution is -2.23. The van der Waals surface area contributed by atoms with E-state index in [1.54, 1.807) is 12.1 Å². The molecule has 0 bridgehead atoms. The quantitative estimate of drug-likeness (QED) is 0.800. The average molecular weight is 380 g/mol. The highest BCUT2D eigenvalue weighted by Crippen LogP contribution is 2.29. The number of hydrogen-bond acceptors (Lipinski definition) is 3. The smallest absolute Gasteiger partial charge is 0.199 e. The van der Waals surface area contributed by atoms with Crippen LogP contribution in [0.2, 0.25) is 0 Å². The maximum atomic E-state index is 12.6. The molecule has 1 aliphatic rings. The Morgan fingerprint density at radius 1 is 1.12 bits per heavy atom. The number of sulfonamides is 1. The molecule has 6 heteroatoms. The molecule has 1 fully saturated rings. The summed E-state index contributed by atoms with van der Waals surface area (Å²) in [6.07, 6.45) is 1.91. The largest absolute Gasteiger partial charge is 0.287 e. The van der Waals surface area contributed by atoms with Crippen LogP contribution < -0.4 is 0 Å². The topological polar surface area (TPSA) is 46.5 Å². The molecule has 1 heterocycles. The van der Waals surface area contributed by atoms with Gasteiger partial charge >= 0.3 is 0 Å². The third kappa shape index (κ3) is 4.49. The first-order valence-electron chi connectivity index (χ1n) is 7.95. The van der Waals surface area contributed by atoms with Crippen molar-refractivity contribution in [3.63, 3.8) is 0 Å². The van der Waals surface area contributed by atoms with Crippen molar-refractivity contribution < 1.29 is 8.42 Å². The summed E-state index contributed by atoms with van der Waals surface area (Å²) in [5.74, 6) is 1.96. The number of aryl methyl sites for hydroxylation is 1. The van der Waals surface area contributed by atoms with Crippen LogP contribution in [0.3, 0.4) is 0 Å². The van der Waals surface area contributed by atoms with Crippen LogP contribution in [-0.4, -0.2) is 24.5 Å². The van der Waals surface area contributed by atoms with Crippen LogP contribution in [0.1, 0.15) is 17.5 Å². The van der Waals surface area contributed by atoms with Gasteiger partial charge in [-0.05, 0) is 43.2 Å². The summed E-state index contributed by atoms with van der Waals surface area (Å²) < 4.78 is 29.9. The van der Waals surface area contributed by atoms with Crippen LogP contribution in [0.4, 0.5) is 0 Å². The van der Waals surface area contributed by atoms with Crippen molar-refractivity contribution in [2.24, 2.45) is 3.77 Å². The van der Waals surface area contributed by atoms with Gasteiger partial charge in [0.2, 0.25) is 0 Å². The fraction of sp³-hybridized carbons (Fsp3) is 0.333. The Labute approximate surface area is 151 Å². The summed E-state index contributed by atoms with van der Waals surface area (Å²) in [5.41, 5.74) is 2.30. The minimum absolute atomic E-state index is 0.251. The summed E-state index contributed by atoms with van der Waals surface area (Å²) in [6, 6.07) is 17.2. The monoisotopic (exact) mass is 379 g/mol. The van der Waals surface area contributed by atoms with Gasteiger partial charge in [-0.2, -0.15) is 8.42 Å². The van der Waals surface area contributed by atoms with Gasteiger partial charge in [-0.1, -0.05) is 58.7 Å². The molecule has 1 saturated heterocycles.